The highest BCUT2D eigenvalue weighted by Crippen LogP contribution is 2.19. The van der Waals surface area contributed by atoms with Crippen LogP contribution < -0.4 is 11.1 Å². The standard InChI is InChI=1S/C9H13N3O2S/c1-9(2-3-14-5-9)12-7(13)6-4-15-8(10)11-6/h4H,2-3,5H2,1H3,(H2,10,11)(H,12,13). The fourth-order valence-electron chi connectivity index (χ4n) is 1.50. The van der Waals surface area contributed by atoms with Gasteiger partial charge in [0.2, 0.25) is 0 Å². The average Bonchev–Trinajstić information content (AvgIpc) is 2.75. The van der Waals surface area contributed by atoms with E-state index in [1.165, 1.54) is 11.3 Å². The molecule has 0 bridgehead atoms. The van der Waals surface area contributed by atoms with Crippen LogP contribution in [0.3, 0.4) is 0 Å². The van der Waals surface area contributed by atoms with E-state index in [-0.39, 0.29) is 11.4 Å². The first-order chi connectivity index (χ1) is 7.09. The highest BCUT2D eigenvalue weighted by atomic mass is 32.1. The summed E-state index contributed by atoms with van der Waals surface area (Å²) in [7, 11) is 0. The molecular weight excluding hydrogens is 214 g/mol. The Labute approximate surface area is 91.6 Å². The van der Waals surface area contributed by atoms with E-state index in [4.69, 9.17) is 10.5 Å². The van der Waals surface area contributed by atoms with Crippen molar-refractivity contribution < 1.29 is 9.53 Å². The first-order valence-corrected chi connectivity index (χ1v) is 5.58. The fourth-order valence-corrected chi connectivity index (χ4v) is 2.04. The number of thiazole rings is 1. The van der Waals surface area contributed by atoms with Crippen LogP contribution in [0, 0.1) is 0 Å². The number of nitrogens with zero attached hydrogens (tertiary/aromatic N) is 1. The van der Waals surface area contributed by atoms with Crippen molar-refractivity contribution in [3.05, 3.63) is 11.1 Å². The predicted molar refractivity (Wildman–Crippen MR) is 57.8 cm³/mol. The summed E-state index contributed by atoms with van der Waals surface area (Å²) in [4.78, 5) is 15.7. The van der Waals surface area contributed by atoms with Gasteiger partial charge in [0.15, 0.2) is 5.13 Å². The van der Waals surface area contributed by atoms with Crippen LogP contribution in [0.2, 0.25) is 0 Å². The number of hydrogen-bond donors (Lipinski definition) is 2. The van der Waals surface area contributed by atoms with E-state index in [0.29, 0.717) is 24.0 Å². The third-order valence-electron chi connectivity index (χ3n) is 2.39. The van der Waals surface area contributed by atoms with E-state index in [1.54, 1.807) is 5.38 Å². The zero-order chi connectivity index (χ0) is 10.9. The molecule has 0 radical (unpaired) electrons. The Bertz CT molecular complexity index is 371. The number of carbonyl (C=O) groups is 1. The van der Waals surface area contributed by atoms with Crippen molar-refractivity contribution in [3.63, 3.8) is 0 Å². The molecule has 1 aromatic rings. The molecule has 0 aromatic carbocycles. The van der Waals surface area contributed by atoms with Gasteiger partial charge in [-0.05, 0) is 13.3 Å². The molecule has 3 N–H and O–H groups in total. The van der Waals surface area contributed by atoms with Crippen molar-refractivity contribution in [1.29, 1.82) is 0 Å². The van der Waals surface area contributed by atoms with Gasteiger partial charge in [0, 0.05) is 12.0 Å². The number of nitrogens with one attached hydrogen (secondary N) is 1. The van der Waals surface area contributed by atoms with Gasteiger partial charge in [-0.2, -0.15) is 0 Å². The maximum absolute atomic E-state index is 11.7. The maximum atomic E-state index is 11.7. The van der Waals surface area contributed by atoms with Crippen LogP contribution in [0.15, 0.2) is 5.38 Å². The number of nitrogen functional groups attached to an aromatic ring is 1. The van der Waals surface area contributed by atoms with Crippen LogP contribution in [-0.2, 0) is 4.74 Å². The second-order valence-electron chi connectivity index (χ2n) is 3.89. The van der Waals surface area contributed by atoms with E-state index in [2.05, 4.69) is 10.3 Å². The van der Waals surface area contributed by atoms with Crippen molar-refractivity contribution in [2.24, 2.45) is 0 Å². The molecule has 1 saturated heterocycles. The molecule has 82 valence electrons. The van der Waals surface area contributed by atoms with E-state index in [1.807, 2.05) is 6.92 Å². The Morgan fingerprint density at radius 2 is 2.60 bits per heavy atom. The summed E-state index contributed by atoms with van der Waals surface area (Å²) >= 11 is 1.26. The zero-order valence-electron chi connectivity index (χ0n) is 8.45. The Balaban J connectivity index is 2.03. The van der Waals surface area contributed by atoms with Crippen LogP contribution in [0.5, 0.6) is 0 Å². The highest BCUT2D eigenvalue weighted by molar-refractivity contribution is 7.13. The lowest BCUT2D eigenvalue weighted by molar-refractivity contribution is 0.0885. The summed E-state index contributed by atoms with van der Waals surface area (Å²) in [6.07, 6.45) is 0.832. The number of aromatic nitrogens is 1. The molecule has 1 amide bonds. The average molecular weight is 227 g/mol. The molecular formula is C9H13N3O2S. The summed E-state index contributed by atoms with van der Waals surface area (Å²) < 4.78 is 5.24. The molecule has 1 fully saturated rings. The van der Waals surface area contributed by atoms with Gasteiger partial charge in [0.25, 0.3) is 5.91 Å². The van der Waals surface area contributed by atoms with E-state index in [0.717, 1.165) is 6.42 Å². The number of nitrogens with two attached hydrogens (primary N) is 1. The Hall–Kier alpha value is -1.14. The van der Waals surface area contributed by atoms with Gasteiger partial charge in [-0.25, -0.2) is 4.98 Å². The SMILES string of the molecule is CC1(NC(=O)c2csc(N)n2)CCOC1. The molecule has 2 heterocycles. The maximum Gasteiger partial charge on any atom is 0.271 e. The summed E-state index contributed by atoms with van der Waals surface area (Å²) in [6, 6.07) is 0. The molecule has 0 aliphatic carbocycles. The first-order valence-electron chi connectivity index (χ1n) is 4.70. The van der Waals surface area contributed by atoms with Crippen LogP contribution in [0.25, 0.3) is 0 Å². The Kier molecular flexibility index (Phi) is 2.62. The minimum absolute atomic E-state index is 0.184. The number of hydrogen-bond acceptors (Lipinski definition) is 5. The molecule has 15 heavy (non-hydrogen) atoms. The van der Waals surface area contributed by atoms with Gasteiger partial charge < -0.3 is 15.8 Å². The molecule has 5 nitrogen and oxygen atoms in total. The molecule has 0 saturated carbocycles. The summed E-state index contributed by atoms with van der Waals surface area (Å²) in [5, 5.41) is 4.98. The Morgan fingerprint density at radius 3 is 3.13 bits per heavy atom. The van der Waals surface area contributed by atoms with Gasteiger partial charge in [0.1, 0.15) is 5.69 Å². The van der Waals surface area contributed by atoms with Crippen LogP contribution >= 0.6 is 11.3 Å². The number of rotatable bonds is 2. The molecule has 0 spiro atoms. The molecule has 1 unspecified atom stereocenters. The fraction of sp³-hybridized carbons (Fsp3) is 0.556. The molecule has 1 aliphatic heterocycles. The number of amides is 1. The molecule has 2 rings (SSSR count). The van der Waals surface area contributed by atoms with Gasteiger partial charge in [0.05, 0.1) is 12.1 Å². The molecule has 1 aromatic heterocycles. The van der Waals surface area contributed by atoms with Crippen molar-refractivity contribution in [2.45, 2.75) is 18.9 Å². The number of carbonyl (C=O) groups excluding carboxylic acids is 1. The summed E-state index contributed by atoms with van der Waals surface area (Å²) in [5.74, 6) is -0.184. The molecule has 1 aliphatic rings. The van der Waals surface area contributed by atoms with Crippen LogP contribution in [0.4, 0.5) is 5.13 Å². The predicted octanol–water partition coefficient (Wildman–Crippen LogP) is 0.634. The lowest BCUT2D eigenvalue weighted by Crippen LogP contribution is -2.46. The highest BCUT2D eigenvalue weighted by Gasteiger charge is 2.31. The van der Waals surface area contributed by atoms with Gasteiger partial charge >= 0.3 is 0 Å². The zero-order valence-corrected chi connectivity index (χ0v) is 9.26. The van der Waals surface area contributed by atoms with Crippen molar-refractivity contribution in [2.75, 3.05) is 18.9 Å². The van der Waals surface area contributed by atoms with E-state index >= 15 is 0 Å². The lowest BCUT2D eigenvalue weighted by Gasteiger charge is -2.22. The normalized spacial score (nSPS) is 25.4. The monoisotopic (exact) mass is 227 g/mol. The summed E-state index contributed by atoms with van der Waals surface area (Å²) in [6.45, 7) is 3.21. The molecule has 6 heteroatoms. The minimum atomic E-state index is -0.268. The van der Waals surface area contributed by atoms with Gasteiger partial charge in [-0.15, -0.1) is 11.3 Å². The number of ether oxygens (including phenoxy) is 1. The largest absolute Gasteiger partial charge is 0.379 e. The summed E-state index contributed by atoms with van der Waals surface area (Å²) in [5.41, 5.74) is 5.57. The topological polar surface area (TPSA) is 77.2 Å². The van der Waals surface area contributed by atoms with Crippen LogP contribution in [-0.4, -0.2) is 29.6 Å². The minimum Gasteiger partial charge on any atom is -0.379 e. The molecule has 1 atom stereocenters. The lowest BCUT2D eigenvalue weighted by atomic mass is 10.0. The number of anilines is 1. The second kappa shape index (κ2) is 3.79. The second-order valence-corrected chi connectivity index (χ2v) is 4.78. The quantitative estimate of drug-likeness (QED) is 0.777. The van der Waals surface area contributed by atoms with Crippen LogP contribution in [0.1, 0.15) is 23.8 Å². The van der Waals surface area contributed by atoms with Crippen molar-refractivity contribution in [3.8, 4) is 0 Å². The Morgan fingerprint density at radius 1 is 1.80 bits per heavy atom. The van der Waals surface area contributed by atoms with Gasteiger partial charge in [-0.1, -0.05) is 0 Å². The first kappa shape index (κ1) is 10.4. The van der Waals surface area contributed by atoms with Crippen molar-refractivity contribution in [1.82, 2.24) is 10.3 Å². The third kappa shape index (κ3) is 2.27. The van der Waals surface area contributed by atoms with E-state index < -0.39 is 0 Å². The smallest absolute Gasteiger partial charge is 0.271 e. The van der Waals surface area contributed by atoms with Gasteiger partial charge in [-0.3, -0.25) is 4.79 Å². The van der Waals surface area contributed by atoms with Crippen molar-refractivity contribution >= 4 is 22.4 Å². The van der Waals surface area contributed by atoms with E-state index in [9.17, 15) is 4.79 Å². The third-order valence-corrected chi connectivity index (χ3v) is 3.06.